The van der Waals surface area contributed by atoms with Crippen LogP contribution in [0.3, 0.4) is 0 Å². The van der Waals surface area contributed by atoms with Crippen molar-refractivity contribution in [2.45, 2.75) is 6.92 Å². The number of fused-ring (bicyclic) bond motifs is 1. The lowest BCUT2D eigenvalue weighted by atomic mass is 10.0. The van der Waals surface area contributed by atoms with Crippen molar-refractivity contribution in [3.05, 3.63) is 66.7 Å². The lowest BCUT2D eigenvalue weighted by Gasteiger charge is -2.05. The van der Waals surface area contributed by atoms with Crippen LogP contribution in [0, 0.1) is 0 Å². The van der Waals surface area contributed by atoms with Gasteiger partial charge in [0.1, 0.15) is 11.4 Å². The molecular formula is C21H16N2O3. The van der Waals surface area contributed by atoms with Crippen LogP contribution in [-0.2, 0) is 4.79 Å². The number of carbonyl (C=O) groups is 1. The Hall–Kier alpha value is -3.60. The number of oxazole rings is 1. The lowest BCUT2D eigenvalue weighted by Crippen LogP contribution is -2.05. The molecule has 2 N–H and O–H groups in total. The average molecular weight is 344 g/mol. The number of rotatable bonds is 3. The maximum atomic E-state index is 11.6. The largest absolute Gasteiger partial charge is 0.507 e. The van der Waals surface area contributed by atoms with Crippen molar-refractivity contribution in [2.75, 3.05) is 5.32 Å². The van der Waals surface area contributed by atoms with Gasteiger partial charge in [0, 0.05) is 12.5 Å². The molecular weight excluding hydrogens is 328 g/mol. The zero-order valence-electron chi connectivity index (χ0n) is 14.1. The summed E-state index contributed by atoms with van der Waals surface area (Å²) in [5.41, 5.74) is 1.82. The highest BCUT2D eigenvalue weighted by atomic mass is 16.4. The number of phenols is 1. The molecule has 0 unspecified atom stereocenters. The van der Waals surface area contributed by atoms with Crippen molar-refractivity contribution in [1.82, 2.24) is 4.98 Å². The Morgan fingerprint density at radius 2 is 1.73 bits per heavy atom. The molecule has 128 valence electrons. The first kappa shape index (κ1) is 15.9. The van der Waals surface area contributed by atoms with E-state index in [0.29, 0.717) is 11.3 Å². The highest BCUT2D eigenvalue weighted by Gasteiger charge is 2.21. The predicted octanol–water partition coefficient (Wildman–Crippen LogP) is 4.83. The van der Waals surface area contributed by atoms with Gasteiger partial charge in [-0.1, -0.05) is 60.7 Å². The van der Waals surface area contributed by atoms with Gasteiger partial charge in [-0.25, -0.2) is 4.98 Å². The summed E-state index contributed by atoms with van der Waals surface area (Å²) in [6.45, 7) is 1.41. The highest BCUT2D eigenvalue weighted by Crippen LogP contribution is 2.40. The number of benzene rings is 3. The van der Waals surface area contributed by atoms with E-state index in [1.165, 1.54) is 6.92 Å². The Labute approximate surface area is 149 Å². The van der Waals surface area contributed by atoms with Crippen molar-refractivity contribution in [1.29, 1.82) is 0 Å². The molecule has 0 atom stereocenters. The van der Waals surface area contributed by atoms with E-state index in [0.717, 1.165) is 16.3 Å². The molecule has 4 rings (SSSR count). The fraction of sp³-hybridized carbons (Fsp3) is 0.0476. The zero-order valence-corrected chi connectivity index (χ0v) is 14.1. The molecule has 0 aliphatic heterocycles. The Bertz CT molecular complexity index is 1100. The summed E-state index contributed by atoms with van der Waals surface area (Å²) < 4.78 is 5.85. The van der Waals surface area contributed by atoms with E-state index in [9.17, 15) is 9.90 Å². The fourth-order valence-electron chi connectivity index (χ4n) is 2.95. The Morgan fingerprint density at radius 1 is 1.00 bits per heavy atom. The molecule has 0 aliphatic carbocycles. The molecule has 5 heteroatoms. The van der Waals surface area contributed by atoms with Crippen LogP contribution in [0.5, 0.6) is 5.75 Å². The minimum atomic E-state index is -0.257. The second-order valence-corrected chi connectivity index (χ2v) is 5.92. The second-order valence-electron chi connectivity index (χ2n) is 5.92. The van der Waals surface area contributed by atoms with Gasteiger partial charge in [0.2, 0.25) is 17.7 Å². The van der Waals surface area contributed by atoms with Gasteiger partial charge in [0.05, 0.1) is 5.56 Å². The number of anilines is 1. The van der Waals surface area contributed by atoms with Crippen LogP contribution in [0.1, 0.15) is 6.92 Å². The standard InChI is InChI=1S/C21H16N2O3/c1-13(24)22-21-19(15-8-3-2-4-9-15)23-20(26-21)18-16-10-6-5-7-14(16)11-12-17(18)25/h2-12,25H,1H3,(H,22,24). The topological polar surface area (TPSA) is 75.4 Å². The molecule has 0 spiro atoms. The molecule has 0 bridgehead atoms. The quantitative estimate of drug-likeness (QED) is 0.558. The summed E-state index contributed by atoms with van der Waals surface area (Å²) in [4.78, 5) is 16.1. The van der Waals surface area contributed by atoms with Gasteiger partial charge >= 0.3 is 0 Å². The first-order valence-corrected chi connectivity index (χ1v) is 8.18. The maximum Gasteiger partial charge on any atom is 0.233 e. The van der Waals surface area contributed by atoms with Crippen LogP contribution in [0.4, 0.5) is 5.88 Å². The first-order chi connectivity index (χ1) is 12.6. The summed E-state index contributed by atoms with van der Waals surface area (Å²) in [6, 6.07) is 20.6. The van der Waals surface area contributed by atoms with Crippen LogP contribution >= 0.6 is 0 Å². The summed E-state index contributed by atoms with van der Waals surface area (Å²) in [5.74, 6) is 0.318. The SMILES string of the molecule is CC(=O)Nc1oc(-c2c(O)ccc3ccccc23)nc1-c1ccccc1. The molecule has 0 saturated carbocycles. The number of hydrogen-bond donors (Lipinski definition) is 2. The van der Waals surface area contributed by atoms with Crippen molar-refractivity contribution in [3.8, 4) is 28.5 Å². The van der Waals surface area contributed by atoms with E-state index in [1.807, 2.05) is 60.7 Å². The van der Waals surface area contributed by atoms with Crippen LogP contribution < -0.4 is 5.32 Å². The van der Waals surface area contributed by atoms with Crippen molar-refractivity contribution in [3.63, 3.8) is 0 Å². The van der Waals surface area contributed by atoms with Gasteiger partial charge in [-0.2, -0.15) is 0 Å². The average Bonchev–Trinajstić information content (AvgIpc) is 3.05. The highest BCUT2D eigenvalue weighted by molar-refractivity contribution is 5.99. The van der Waals surface area contributed by atoms with E-state index < -0.39 is 0 Å². The summed E-state index contributed by atoms with van der Waals surface area (Å²) in [7, 11) is 0. The molecule has 26 heavy (non-hydrogen) atoms. The smallest absolute Gasteiger partial charge is 0.233 e. The third-order valence-electron chi connectivity index (χ3n) is 4.08. The fourth-order valence-corrected chi connectivity index (χ4v) is 2.95. The monoisotopic (exact) mass is 344 g/mol. The predicted molar refractivity (Wildman–Crippen MR) is 101 cm³/mol. The number of amides is 1. The van der Waals surface area contributed by atoms with Crippen molar-refractivity contribution in [2.24, 2.45) is 0 Å². The summed E-state index contributed by atoms with van der Waals surface area (Å²) >= 11 is 0. The minimum Gasteiger partial charge on any atom is -0.507 e. The van der Waals surface area contributed by atoms with Gasteiger partial charge in [-0.15, -0.1) is 0 Å². The normalized spacial score (nSPS) is 10.8. The zero-order chi connectivity index (χ0) is 18.1. The molecule has 0 saturated heterocycles. The van der Waals surface area contributed by atoms with E-state index in [2.05, 4.69) is 10.3 Å². The van der Waals surface area contributed by atoms with Gasteiger partial charge in [-0.05, 0) is 16.8 Å². The van der Waals surface area contributed by atoms with E-state index >= 15 is 0 Å². The molecule has 1 aromatic heterocycles. The number of nitrogens with one attached hydrogen (secondary N) is 1. The Balaban J connectivity index is 1.95. The van der Waals surface area contributed by atoms with E-state index in [-0.39, 0.29) is 23.4 Å². The number of aromatic hydroxyl groups is 1. The lowest BCUT2D eigenvalue weighted by molar-refractivity contribution is -0.114. The second kappa shape index (κ2) is 6.37. The Kier molecular flexibility index (Phi) is 3.89. The van der Waals surface area contributed by atoms with Gasteiger partial charge in [-0.3, -0.25) is 10.1 Å². The van der Waals surface area contributed by atoms with E-state index in [4.69, 9.17) is 4.42 Å². The first-order valence-electron chi connectivity index (χ1n) is 8.18. The Morgan fingerprint density at radius 3 is 2.50 bits per heavy atom. The van der Waals surface area contributed by atoms with Crippen LogP contribution in [0.2, 0.25) is 0 Å². The van der Waals surface area contributed by atoms with Gasteiger partial charge in [0.15, 0.2) is 0 Å². The number of carbonyl (C=O) groups excluding carboxylic acids is 1. The van der Waals surface area contributed by atoms with E-state index in [1.54, 1.807) is 6.07 Å². The van der Waals surface area contributed by atoms with Crippen LogP contribution in [-0.4, -0.2) is 16.0 Å². The molecule has 0 fully saturated rings. The number of aromatic nitrogens is 1. The maximum absolute atomic E-state index is 11.6. The number of hydrogen-bond acceptors (Lipinski definition) is 4. The van der Waals surface area contributed by atoms with Gasteiger partial charge in [0.25, 0.3) is 0 Å². The molecule has 0 aliphatic rings. The number of nitrogens with zero attached hydrogens (tertiary/aromatic N) is 1. The van der Waals surface area contributed by atoms with Gasteiger partial charge < -0.3 is 9.52 Å². The molecule has 0 radical (unpaired) electrons. The number of phenolic OH excluding ortho intramolecular Hbond substituents is 1. The van der Waals surface area contributed by atoms with Crippen LogP contribution in [0.15, 0.2) is 71.1 Å². The van der Waals surface area contributed by atoms with Crippen molar-refractivity contribution < 1.29 is 14.3 Å². The third kappa shape index (κ3) is 2.80. The molecule has 5 nitrogen and oxygen atoms in total. The summed E-state index contributed by atoms with van der Waals surface area (Å²) in [6.07, 6.45) is 0. The molecule has 3 aromatic carbocycles. The molecule has 1 heterocycles. The molecule has 1 amide bonds. The van der Waals surface area contributed by atoms with Crippen molar-refractivity contribution >= 4 is 22.6 Å². The third-order valence-corrected chi connectivity index (χ3v) is 4.08. The van der Waals surface area contributed by atoms with Crippen LogP contribution in [0.25, 0.3) is 33.5 Å². The molecule has 4 aromatic rings. The summed E-state index contributed by atoms with van der Waals surface area (Å²) in [5, 5.41) is 14.9. The minimum absolute atomic E-state index is 0.0685.